The SMILES string of the molecule is O.O=C(CCC(=O)OC(=O)c1ccccc1)OC(=O)c1ccccc1. The number of benzene rings is 2. The zero-order valence-corrected chi connectivity index (χ0v) is 13.1. The molecule has 0 unspecified atom stereocenters. The maximum Gasteiger partial charge on any atom is 0.345 e. The van der Waals surface area contributed by atoms with Crippen LogP contribution in [0.2, 0.25) is 0 Å². The van der Waals surface area contributed by atoms with Gasteiger partial charge in [0.2, 0.25) is 0 Å². The van der Waals surface area contributed by atoms with Gasteiger partial charge in [0.15, 0.2) is 0 Å². The second kappa shape index (κ2) is 9.74. The van der Waals surface area contributed by atoms with E-state index in [0.29, 0.717) is 0 Å². The van der Waals surface area contributed by atoms with Gasteiger partial charge in [0, 0.05) is 0 Å². The summed E-state index contributed by atoms with van der Waals surface area (Å²) in [5.74, 6) is -3.33. The molecule has 0 aliphatic heterocycles. The molecular weight excluding hydrogens is 328 g/mol. The molecule has 2 aromatic carbocycles. The summed E-state index contributed by atoms with van der Waals surface area (Å²) in [5, 5.41) is 0. The first-order chi connectivity index (χ1) is 11.6. The van der Waals surface area contributed by atoms with Gasteiger partial charge >= 0.3 is 23.9 Å². The van der Waals surface area contributed by atoms with Crippen molar-refractivity contribution in [2.75, 3.05) is 0 Å². The largest absolute Gasteiger partial charge is 0.412 e. The van der Waals surface area contributed by atoms with E-state index >= 15 is 0 Å². The average molecular weight is 344 g/mol. The second-order valence-electron chi connectivity index (χ2n) is 4.76. The van der Waals surface area contributed by atoms with E-state index in [1.165, 1.54) is 24.3 Å². The summed E-state index contributed by atoms with van der Waals surface area (Å²) < 4.78 is 9.21. The van der Waals surface area contributed by atoms with Crippen LogP contribution in [0.4, 0.5) is 0 Å². The highest BCUT2D eigenvalue weighted by Gasteiger charge is 2.17. The van der Waals surface area contributed by atoms with Crippen molar-refractivity contribution >= 4 is 23.9 Å². The standard InChI is InChI=1S/C18H14O6.H2O/c19-15(23-17(21)13-7-3-1-4-8-13)11-12-16(20)24-18(22)14-9-5-2-6-10-14;/h1-10H,11-12H2;1H2. The fourth-order valence-electron chi connectivity index (χ4n) is 1.78. The molecule has 0 radical (unpaired) electrons. The lowest BCUT2D eigenvalue weighted by Gasteiger charge is -2.04. The number of rotatable bonds is 5. The van der Waals surface area contributed by atoms with Crippen LogP contribution >= 0.6 is 0 Å². The van der Waals surface area contributed by atoms with E-state index in [4.69, 9.17) is 0 Å². The Bertz CT molecular complexity index is 673. The van der Waals surface area contributed by atoms with E-state index in [2.05, 4.69) is 9.47 Å². The minimum absolute atomic E-state index is 0. The normalized spacial score (nSPS) is 9.44. The van der Waals surface area contributed by atoms with Gasteiger partial charge in [-0.05, 0) is 24.3 Å². The number of carbonyl (C=O) groups excluding carboxylic acids is 4. The van der Waals surface area contributed by atoms with Gasteiger partial charge in [0.25, 0.3) is 0 Å². The minimum Gasteiger partial charge on any atom is -0.412 e. The Morgan fingerprint density at radius 1 is 0.600 bits per heavy atom. The molecule has 7 heteroatoms. The summed E-state index contributed by atoms with van der Waals surface area (Å²) in [6.07, 6.45) is -0.723. The van der Waals surface area contributed by atoms with Crippen LogP contribution in [0.5, 0.6) is 0 Å². The van der Waals surface area contributed by atoms with Gasteiger partial charge in [-0.15, -0.1) is 0 Å². The third kappa shape index (κ3) is 6.36. The lowest BCUT2D eigenvalue weighted by Crippen LogP contribution is -2.16. The van der Waals surface area contributed by atoms with Crippen LogP contribution in [0.15, 0.2) is 60.7 Å². The molecule has 0 spiro atoms. The smallest absolute Gasteiger partial charge is 0.345 e. The molecule has 2 N–H and O–H groups in total. The number of hydrogen-bond donors (Lipinski definition) is 0. The molecule has 0 aliphatic carbocycles. The van der Waals surface area contributed by atoms with Gasteiger partial charge in [0.05, 0.1) is 24.0 Å². The van der Waals surface area contributed by atoms with Crippen molar-refractivity contribution in [3.63, 3.8) is 0 Å². The zero-order chi connectivity index (χ0) is 17.4. The van der Waals surface area contributed by atoms with Crippen LogP contribution in [-0.2, 0) is 19.1 Å². The van der Waals surface area contributed by atoms with E-state index in [9.17, 15) is 19.2 Å². The Balaban J connectivity index is 0.00000312. The van der Waals surface area contributed by atoms with E-state index in [1.807, 2.05) is 0 Å². The Labute approximate surface area is 143 Å². The Morgan fingerprint density at radius 2 is 0.920 bits per heavy atom. The van der Waals surface area contributed by atoms with Gasteiger partial charge in [-0.3, -0.25) is 9.59 Å². The van der Waals surface area contributed by atoms with Crippen molar-refractivity contribution in [2.45, 2.75) is 12.8 Å². The monoisotopic (exact) mass is 344 g/mol. The fraction of sp³-hybridized carbons (Fsp3) is 0.111. The third-order valence-corrected chi connectivity index (χ3v) is 2.97. The highest BCUT2D eigenvalue weighted by molar-refractivity contribution is 5.99. The topological polar surface area (TPSA) is 118 Å². The maximum absolute atomic E-state index is 11.6. The van der Waals surface area contributed by atoms with Crippen molar-refractivity contribution in [3.05, 3.63) is 71.8 Å². The molecule has 2 aromatic rings. The average Bonchev–Trinajstić information content (AvgIpc) is 2.61. The molecular formula is C18H16O7. The highest BCUT2D eigenvalue weighted by Crippen LogP contribution is 2.06. The number of hydrogen-bond acceptors (Lipinski definition) is 6. The predicted octanol–water partition coefficient (Wildman–Crippen LogP) is 1.71. The molecule has 0 aromatic heterocycles. The molecule has 2 rings (SSSR count). The Hall–Kier alpha value is -3.32. The van der Waals surface area contributed by atoms with Crippen LogP contribution < -0.4 is 0 Å². The second-order valence-corrected chi connectivity index (χ2v) is 4.76. The molecule has 25 heavy (non-hydrogen) atoms. The van der Waals surface area contributed by atoms with Crippen LogP contribution in [0, 0.1) is 0 Å². The van der Waals surface area contributed by atoms with Gasteiger partial charge < -0.3 is 14.9 Å². The predicted molar refractivity (Wildman–Crippen MR) is 86.6 cm³/mol. The Kier molecular flexibility index (Phi) is 7.68. The minimum atomic E-state index is -0.868. The van der Waals surface area contributed by atoms with Gasteiger partial charge in [-0.25, -0.2) is 9.59 Å². The quantitative estimate of drug-likeness (QED) is 0.602. The third-order valence-electron chi connectivity index (χ3n) is 2.97. The summed E-state index contributed by atoms with van der Waals surface area (Å²) in [6.45, 7) is 0. The molecule has 0 saturated carbocycles. The summed E-state index contributed by atoms with van der Waals surface area (Å²) >= 11 is 0. The van der Waals surface area contributed by atoms with E-state index < -0.39 is 23.9 Å². The number of esters is 4. The van der Waals surface area contributed by atoms with Crippen LogP contribution in [0.1, 0.15) is 33.6 Å². The molecule has 0 atom stereocenters. The first-order valence-electron chi connectivity index (χ1n) is 7.16. The summed E-state index contributed by atoms with van der Waals surface area (Å²) in [7, 11) is 0. The number of carbonyl (C=O) groups is 4. The Morgan fingerprint density at radius 3 is 1.24 bits per heavy atom. The van der Waals surface area contributed by atoms with Gasteiger partial charge in [-0.2, -0.15) is 0 Å². The molecule has 7 nitrogen and oxygen atoms in total. The van der Waals surface area contributed by atoms with E-state index in [0.717, 1.165) is 0 Å². The number of ether oxygens (including phenoxy) is 2. The summed E-state index contributed by atoms with van der Waals surface area (Å²) in [5.41, 5.74) is 0.459. The highest BCUT2D eigenvalue weighted by atomic mass is 16.6. The van der Waals surface area contributed by atoms with E-state index in [-0.39, 0.29) is 29.4 Å². The molecule has 0 bridgehead atoms. The van der Waals surface area contributed by atoms with Gasteiger partial charge in [0.1, 0.15) is 0 Å². The van der Waals surface area contributed by atoms with Crippen molar-refractivity contribution in [1.82, 2.24) is 0 Å². The first kappa shape index (κ1) is 19.7. The zero-order valence-electron chi connectivity index (χ0n) is 13.1. The van der Waals surface area contributed by atoms with Crippen molar-refractivity contribution < 1.29 is 34.1 Å². The van der Waals surface area contributed by atoms with Crippen LogP contribution in [0.25, 0.3) is 0 Å². The van der Waals surface area contributed by atoms with Gasteiger partial charge in [-0.1, -0.05) is 36.4 Å². The molecule has 0 amide bonds. The molecule has 0 saturated heterocycles. The van der Waals surface area contributed by atoms with Crippen molar-refractivity contribution in [1.29, 1.82) is 0 Å². The van der Waals surface area contributed by atoms with Crippen LogP contribution in [0.3, 0.4) is 0 Å². The molecule has 0 aliphatic rings. The van der Waals surface area contributed by atoms with E-state index in [1.54, 1.807) is 36.4 Å². The maximum atomic E-state index is 11.6. The summed E-state index contributed by atoms with van der Waals surface area (Å²) in [4.78, 5) is 46.4. The molecule has 0 fully saturated rings. The fourth-order valence-corrected chi connectivity index (χ4v) is 1.78. The van der Waals surface area contributed by atoms with Crippen molar-refractivity contribution in [3.8, 4) is 0 Å². The lowest BCUT2D eigenvalue weighted by molar-refractivity contribution is -0.144. The lowest BCUT2D eigenvalue weighted by atomic mass is 10.2. The molecule has 0 heterocycles. The molecule has 130 valence electrons. The van der Waals surface area contributed by atoms with Crippen molar-refractivity contribution in [2.24, 2.45) is 0 Å². The van der Waals surface area contributed by atoms with Crippen LogP contribution in [-0.4, -0.2) is 29.4 Å². The first-order valence-corrected chi connectivity index (χ1v) is 7.16. The summed E-state index contributed by atoms with van der Waals surface area (Å²) in [6, 6.07) is 16.0.